The van der Waals surface area contributed by atoms with Crippen LogP contribution in [0.3, 0.4) is 0 Å². The molecule has 3 heteroatoms. The van der Waals surface area contributed by atoms with E-state index in [0.29, 0.717) is 12.0 Å². The molecule has 1 aliphatic rings. The highest BCUT2D eigenvalue weighted by Crippen LogP contribution is 2.22. The van der Waals surface area contributed by atoms with Crippen LogP contribution in [0.2, 0.25) is 0 Å². The lowest BCUT2D eigenvalue weighted by molar-refractivity contribution is -0.125. The average molecular weight is 268 g/mol. The zero-order valence-corrected chi connectivity index (χ0v) is 13.4. The Morgan fingerprint density at radius 2 is 1.95 bits per heavy atom. The number of amides is 1. The molecule has 19 heavy (non-hydrogen) atoms. The minimum atomic E-state index is 0.0881. The van der Waals surface area contributed by atoms with Crippen LogP contribution >= 0.6 is 0 Å². The minimum absolute atomic E-state index is 0.0881. The molecule has 1 saturated heterocycles. The largest absolute Gasteiger partial charge is 0.352 e. The molecule has 1 aliphatic heterocycles. The van der Waals surface area contributed by atoms with E-state index in [-0.39, 0.29) is 11.8 Å². The van der Waals surface area contributed by atoms with E-state index in [9.17, 15) is 4.79 Å². The van der Waals surface area contributed by atoms with E-state index in [2.05, 4.69) is 31.0 Å². The van der Waals surface area contributed by atoms with Gasteiger partial charge < -0.3 is 10.2 Å². The Hall–Kier alpha value is -0.570. The third kappa shape index (κ3) is 5.94. The first-order valence-electron chi connectivity index (χ1n) is 7.95. The number of hydrogen-bond acceptors (Lipinski definition) is 2. The molecule has 1 heterocycles. The van der Waals surface area contributed by atoms with E-state index in [1.165, 1.54) is 19.4 Å². The van der Waals surface area contributed by atoms with E-state index in [1.807, 2.05) is 13.8 Å². The van der Waals surface area contributed by atoms with E-state index >= 15 is 0 Å². The lowest BCUT2D eigenvalue weighted by atomic mass is 9.90. The van der Waals surface area contributed by atoms with E-state index in [1.54, 1.807) is 0 Å². The Balaban J connectivity index is 2.56. The second kappa shape index (κ2) is 7.88. The summed E-state index contributed by atoms with van der Waals surface area (Å²) in [5, 5.41) is 3.23. The lowest BCUT2D eigenvalue weighted by Crippen LogP contribution is -2.52. The van der Waals surface area contributed by atoms with Crippen molar-refractivity contribution in [3.8, 4) is 0 Å². The molecule has 2 unspecified atom stereocenters. The monoisotopic (exact) mass is 268 g/mol. The number of likely N-dealkylation sites (tertiary alicyclic amines) is 1. The molecule has 0 radical (unpaired) electrons. The smallest absolute Gasteiger partial charge is 0.222 e. The summed E-state index contributed by atoms with van der Waals surface area (Å²) in [6.07, 6.45) is 3.68. The van der Waals surface area contributed by atoms with Gasteiger partial charge in [0.1, 0.15) is 0 Å². The van der Waals surface area contributed by atoms with Gasteiger partial charge in [0.15, 0.2) is 0 Å². The Bertz CT molecular complexity index is 276. The van der Waals surface area contributed by atoms with Crippen molar-refractivity contribution in [2.75, 3.05) is 19.6 Å². The molecule has 1 amide bonds. The number of piperidine rings is 1. The van der Waals surface area contributed by atoms with Gasteiger partial charge in [-0.05, 0) is 24.7 Å². The quantitative estimate of drug-likeness (QED) is 0.803. The fourth-order valence-corrected chi connectivity index (χ4v) is 3.06. The summed E-state index contributed by atoms with van der Waals surface area (Å²) in [6.45, 7) is 14.1. The first kappa shape index (κ1) is 16.5. The molecule has 0 aliphatic carbocycles. The zero-order chi connectivity index (χ0) is 14.4. The molecule has 2 atom stereocenters. The van der Waals surface area contributed by atoms with Crippen LogP contribution < -0.4 is 5.32 Å². The van der Waals surface area contributed by atoms with Gasteiger partial charge in [-0.1, -0.05) is 41.0 Å². The third-order valence-electron chi connectivity index (χ3n) is 3.80. The highest BCUT2D eigenvalue weighted by atomic mass is 16.1. The standard InChI is InChI=1S/C16H32N2O/c1-6-7-14-8-15(17-16(19)13(4)5)11-18(10-14)9-12(2)3/h12-15H,6-11H2,1-5H3,(H,17,19). The second-order valence-corrected chi connectivity index (χ2v) is 6.86. The SMILES string of the molecule is CCCC1CC(NC(=O)C(C)C)CN(CC(C)C)C1. The van der Waals surface area contributed by atoms with Crippen LogP contribution in [0.25, 0.3) is 0 Å². The molecule has 0 spiro atoms. The lowest BCUT2D eigenvalue weighted by Gasteiger charge is -2.39. The van der Waals surface area contributed by atoms with E-state index < -0.39 is 0 Å². The molecule has 3 nitrogen and oxygen atoms in total. The van der Waals surface area contributed by atoms with Gasteiger partial charge in [-0.3, -0.25) is 4.79 Å². The number of nitrogens with one attached hydrogen (secondary N) is 1. The molecule has 0 bridgehead atoms. The number of hydrogen-bond donors (Lipinski definition) is 1. The van der Waals surface area contributed by atoms with Gasteiger partial charge in [-0.2, -0.15) is 0 Å². The summed E-state index contributed by atoms with van der Waals surface area (Å²) in [4.78, 5) is 14.4. The summed E-state index contributed by atoms with van der Waals surface area (Å²) in [6, 6.07) is 0.346. The molecular weight excluding hydrogens is 236 g/mol. The maximum atomic E-state index is 11.9. The van der Waals surface area contributed by atoms with Gasteiger partial charge in [0.05, 0.1) is 0 Å². The van der Waals surface area contributed by atoms with E-state index in [0.717, 1.165) is 25.4 Å². The van der Waals surface area contributed by atoms with E-state index in [4.69, 9.17) is 0 Å². The molecule has 112 valence electrons. The number of rotatable bonds is 6. The van der Waals surface area contributed by atoms with Crippen LogP contribution in [0.4, 0.5) is 0 Å². The highest BCUT2D eigenvalue weighted by Gasteiger charge is 2.28. The third-order valence-corrected chi connectivity index (χ3v) is 3.80. The molecule has 0 aromatic heterocycles. The van der Waals surface area contributed by atoms with Crippen molar-refractivity contribution in [1.29, 1.82) is 0 Å². The zero-order valence-electron chi connectivity index (χ0n) is 13.4. The average Bonchev–Trinajstić information content (AvgIpc) is 2.27. The fraction of sp³-hybridized carbons (Fsp3) is 0.938. The van der Waals surface area contributed by atoms with Crippen molar-refractivity contribution in [2.24, 2.45) is 17.8 Å². The fourth-order valence-electron chi connectivity index (χ4n) is 3.06. The molecule has 1 fully saturated rings. The van der Waals surface area contributed by atoms with Gasteiger partial charge in [0, 0.05) is 31.6 Å². The van der Waals surface area contributed by atoms with Crippen LogP contribution in [0.15, 0.2) is 0 Å². The van der Waals surface area contributed by atoms with Gasteiger partial charge in [-0.15, -0.1) is 0 Å². The second-order valence-electron chi connectivity index (χ2n) is 6.86. The van der Waals surface area contributed by atoms with Crippen LogP contribution in [0.1, 0.15) is 53.9 Å². The topological polar surface area (TPSA) is 32.3 Å². The Morgan fingerprint density at radius 3 is 2.47 bits per heavy atom. The predicted molar refractivity (Wildman–Crippen MR) is 81.1 cm³/mol. The maximum absolute atomic E-state index is 11.9. The van der Waals surface area contributed by atoms with Gasteiger partial charge in [0.25, 0.3) is 0 Å². The van der Waals surface area contributed by atoms with Crippen LogP contribution in [0, 0.1) is 17.8 Å². The minimum Gasteiger partial charge on any atom is -0.352 e. The summed E-state index contributed by atoms with van der Waals surface area (Å²) in [5.41, 5.74) is 0. The van der Waals surface area contributed by atoms with Crippen LogP contribution in [0.5, 0.6) is 0 Å². The van der Waals surface area contributed by atoms with Crippen molar-refractivity contribution in [3.05, 3.63) is 0 Å². The number of carbonyl (C=O) groups is 1. The summed E-state index contributed by atoms with van der Waals surface area (Å²) >= 11 is 0. The van der Waals surface area contributed by atoms with Crippen LogP contribution in [-0.4, -0.2) is 36.5 Å². The van der Waals surface area contributed by atoms with Crippen molar-refractivity contribution in [2.45, 2.75) is 59.9 Å². The molecule has 0 aromatic carbocycles. The highest BCUT2D eigenvalue weighted by molar-refractivity contribution is 5.78. The summed E-state index contributed by atoms with van der Waals surface area (Å²) in [7, 11) is 0. The van der Waals surface area contributed by atoms with Crippen molar-refractivity contribution in [3.63, 3.8) is 0 Å². The Kier molecular flexibility index (Phi) is 6.84. The first-order valence-corrected chi connectivity index (χ1v) is 7.95. The normalized spacial score (nSPS) is 25.0. The molecule has 0 aromatic rings. The van der Waals surface area contributed by atoms with Crippen molar-refractivity contribution in [1.82, 2.24) is 10.2 Å². The predicted octanol–water partition coefficient (Wildman–Crippen LogP) is 2.91. The molecular formula is C16H32N2O. The molecule has 0 saturated carbocycles. The summed E-state index contributed by atoms with van der Waals surface area (Å²) < 4.78 is 0. The van der Waals surface area contributed by atoms with Gasteiger partial charge in [-0.25, -0.2) is 0 Å². The van der Waals surface area contributed by atoms with Crippen LogP contribution in [-0.2, 0) is 4.79 Å². The number of carbonyl (C=O) groups excluding carboxylic acids is 1. The number of nitrogens with zero attached hydrogens (tertiary/aromatic N) is 1. The van der Waals surface area contributed by atoms with Crippen molar-refractivity contribution >= 4 is 5.91 Å². The van der Waals surface area contributed by atoms with Gasteiger partial charge in [0.2, 0.25) is 5.91 Å². The Labute approximate surface area is 119 Å². The summed E-state index contributed by atoms with van der Waals surface area (Å²) in [5.74, 6) is 1.73. The molecule has 1 rings (SSSR count). The maximum Gasteiger partial charge on any atom is 0.222 e. The van der Waals surface area contributed by atoms with Gasteiger partial charge >= 0.3 is 0 Å². The van der Waals surface area contributed by atoms with Crippen molar-refractivity contribution < 1.29 is 4.79 Å². The Morgan fingerprint density at radius 1 is 1.26 bits per heavy atom. The first-order chi connectivity index (χ1) is 8.92. The molecule has 1 N–H and O–H groups in total.